The number of rotatable bonds is 4. The van der Waals surface area contributed by atoms with Gasteiger partial charge in [-0.25, -0.2) is 9.37 Å². The highest BCUT2D eigenvalue weighted by molar-refractivity contribution is 5.27. The van der Waals surface area contributed by atoms with E-state index in [2.05, 4.69) is 9.97 Å². The maximum Gasteiger partial charge on any atom is 0.419 e. The van der Waals surface area contributed by atoms with E-state index in [0.29, 0.717) is 18.5 Å². The third kappa shape index (κ3) is 3.44. The number of benzene rings is 1. The molecule has 0 radical (unpaired) electrons. The molecule has 0 saturated carbocycles. The third-order valence-corrected chi connectivity index (χ3v) is 4.26. The van der Waals surface area contributed by atoms with Crippen LogP contribution in [0.1, 0.15) is 29.4 Å². The Bertz CT molecular complexity index is 687. The van der Waals surface area contributed by atoms with E-state index in [4.69, 9.17) is 4.74 Å². The van der Waals surface area contributed by atoms with Gasteiger partial charge >= 0.3 is 6.18 Å². The summed E-state index contributed by atoms with van der Waals surface area (Å²) in [5.41, 5.74) is -0.839. The molecule has 24 heavy (non-hydrogen) atoms. The van der Waals surface area contributed by atoms with Gasteiger partial charge in [0.15, 0.2) is 0 Å². The molecule has 1 aromatic carbocycles. The fourth-order valence-electron chi connectivity index (χ4n) is 3.07. The lowest BCUT2D eigenvalue weighted by atomic mass is 10.1. The molecule has 130 valence electrons. The average Bonchev–Trinajstić information content (AvgIpc) is 3.17. The summed E-state index contributed by atoms with van der Waals surface area (Å²) in [6.07, 6.45) is -0.707. The van der Waals surface area contributed by atoms with Gasteiger partial charge in [-0.1, -0.05) is 6.07 Å². The van der Waals surface area contributed by atoms with Gasteiger partial charge in [-0.15, -0.1) is 0 Å². The molecule has 1 aliphatic heterocycles. The number of aromatic amines is 1. The number of ether oxygens (including phenoxy) is 1. The van der Waals surface area contributed by atoms with Gasteiger partial charge in [0.25, 0.3) is 0 Å². The van der Waals surface area contributed by atoms with Crippen LogP contribution in [0.25, 0.3) is 0 Å². The quantitative estimate of drug-likeness (QED) is 0.864. The second-order valence-corrected chi connectivity index (χ2v) is 5.83. The Balaban J connectivity index is 1.84. The predicted molar refractivity (Wildman–Crippen MR) is 78.6 cm³/mol. The van der Waals surface area contributed by atoms with Gasteiger partial charge in [0.05, 0.1) is 17.7 Å². The molecule has 0 bridgehead atoms. The first kappa shape index (κ1) is 16.9. The Labute approximate surface area is 136 Å². The van der Waals surface area contributed by atoms with Crippen molar-refractivity contribution in [2.75, 3.05) is 13.7 Å². The molecule has 1 saturated heterocycles. The number of halogens is 4. The summed E-state index contributed by atoms with van der Waals surface area (Å²) in [6.45, 7) is 0.829. The van der Waals surface area contributed by atoms with Gasteiger partial charge in [-0.3, -0.25) is 4.90 Å². The zero-order valence-corrected chi connectivity index (χ0v) is 13.0. The molecule has 0 spiro atoms. The first-order valence-corrected chi connectivity index (χ1v) is 7.50. The highest BCUT2D eigenvalue weighted by Crippen LogP contribution is 2.35. The highest BCUT2D eigenvalue weighted by Gasteiger charge is 2.36. The zero-order chi connectivity index (χ0) is 17.3. The largest absolute Gasteiger partial charge is 0.419 e. The number of alkyl halides is 3. The minimum absolute atomic E-state index is 0.0253. The summed E-state index contributed by atoms with van der Waals surface area (Å²) in [4.78, 5) is 9.26. The second-order valence-electron chi connectivity index (χ2n) is 5.83. The summed E-state index contributed by atoms with van der Waals surface area (Å²) in [7, 11) is 1.60. The van der Waals surface area contributed by atoms with E-state index in [1.54, 1.807) is 19.5 Å². The molecular weight excluding hydrogens is 326 g/mol. The van der Waals surface area contributed by atoms with Crippen molar-refractivity contribution in [3.8, 4) is 0 Å². The first-order valence-electron chi connectivity index (χ1n) is 7.50. The summed E-state index contributed by atoms with van der Waals surface area (Å²) in [5, 5.41) is 0. The summed E-state index contributed by atoms with van der Waals surface area (Å²) in [5.74, 6) is -0.516. The molecule has 2 heterocycles. The number of imidazole rings is 1. The monoisotopic (exact) mass is 343 g/mol. The molecule has 1 fully saturated rings. The molecule has 0 aliphatic carbocycles. The van der Waals surface area contributed by atoms with Gasteiger partial charge in [0.1, 0.15) is 11.6 Å². The van der Waals surface area contributed by atoms with Crippen molar-refractivity contribution >= 4 is 0 Å². The third-order valence-electron chi connectivity index (χ3n) is 4.26. The SMILES string of the molecule is CO[C@@H]1CC(c2ncc[nH]2)N(Cc2ccc(F)c(C(F)(F)F)c2)C1. The smallest absolute Gasteiger partial charge is 0.380 e. The Morgan fingerprint density at radius 2 is 2.17 bits per heavy atom. The molecule has 1 N–H and O–H groups in total. The van der Waals surface area contributed by atoms with Gasteiger partial charge in [-0.05, 0) is 24.1 Å². The number of H-pyrrole nitrogens is 1. The van der Waals surface area contributed by atoms with E-state index in [-0.39, 0.29) is 18.7 Å². The number of nitrogens with zero attached hydrogens (tertiary/aromatic N) is 2. The minimum Gasteiger partial charge on any atom is -0.380 e. The maximum atomic E-state index is 13.4. The Morgan fingerprint density at radius 3 is 2.79 bits per heavy atom. The average molecular weight is 343 g/mol. The van der Waals surface area contributed by atoms with E-state index in [0.717, 1.165) is 18.0 Å². The zero-order valence-electron chi connectivity index (χ0n) is 13.0. The van der Waals surface area contributed by atoms with Crippen LogP contribution < -0.4 is 0 Å². The fourth-order valence-corrected chi connectivity index (χ4v) is 3.07. The van der Waals surface area contributed by atoms with Gasteiger partial charge < -0.3 is 9.72 Å². The number of methoxy groups -OCH3 is 1. The van der Waals surface area contributed by atoms with E-state index in [1.165, 1.54) is 6.07 Å². The van der Waals surface area contributed by atoms with Crippen molar-refractivity contribution < 1.29 is 22.3 Å². The van der Waals surface area contributed by atoms with Crippen LogP contribution in [0.2, 0.25) is 0 Å². The number of hydrogen-bond donors (Lipinski definition) is 1. The molecule has 3 rings (SSSR count). The molecule has 1 aromatic heterocycles. The van der Waals surface area contributed by atoms with Crippen LogP contribution in [-0.2, 0) is 17.5 Å². The predicted octanol–water partition coefficient (Wildman–Crippen LogP) is 3.53. The van der Waals surface area contributed by atoms with Crippen LogP contribution in [0.4, 0.5) is 17.6 Å². The number of hydrogen-bond acceptors (Lipinski definition) is 3. The number of nitrogens with one attached hydrogen (secondary N) is 1. The fraction of sp³-hybridized carbons (Fsp3) is 0.438. The van der Waals surface area contributed by atoms with Crippen molar-refractivity contribution in [1.82, 2.24) is 14.9 Å². The van der Waals surface area contributed by atoms with E-state index in [9.17, 15) is 17.6 Å². The lowest BCUT2D eigenvalue weighted by Gasteiger charge is -2.23. The van der Waals surface area contributed by atoms with Crippen molar-refractivity contribution in [2.45, 2.75) is 31.3 Å². The summed E-state index contributed by atoms with van der Waals surface area (Å²) in [6, 6.07) is 3.03. The normalized spacial score (nSPS) is 22.2. The Morgan fingerprint density at radius 1 is 1.38 bits per heavy atom. The van der Waals surface area contributed by atoms with Crippen molar-refractivity contribution in [1.29, 1.82) is 0 Å². The first-order chi connectivity index (χ1) is 11.4. The number of likely N-dealkylation sites (tertiary alicyclic amines) is 1. The molecule has 0 amide bonds. The molecular formula is C16H17F4N3O. The molecule has 4 nitrogen and oxygen atoms in total. The summed E-state index contributed by atoms with van der Waals surface area (Å²) >= 11 is 0. The summed E-state index contributed by atoms with van der Waals surface area (Å²) < 4.78 is 57.4. The topological polar surface area (TPSA) is 41.1 Å². The van der Waals surface area contributed by atoms with Crippen LogP contribution in [0, 0.1) is 5.82 Å². The Hall–Kier alpha value is -1.93. The molecule has 2 atom stereocenters. The van der Waals surface area contributed by atoms with Gasteiger partial charge in [0.2, 0.25) is 0 Å². The van der Waals surface area contributed by atoms with Crippen LogP contribution in [0.15, 0.2) is 30.6 Å². The maximum absolute atomic E-state index is 13.4. The van der Waals surface area contributed by atoms with Crippen LogP contribution >= 0.6 is 0 Å². The lowest BCUT2D eigenvalue weighted by molar-refractivity contribution is -0.140. The number of aromatic nitrogens is 2. The lowest BCUT2D eigenvalue weighted by Crippen LogP contribution is -2.25. The van der Waals surface area contributed by atoms with E-state index in [1.807, 2.05) is 4.90 Å². The Kier molecular flexibility index (Phi) is 4.60. The van der Waals surface area contributed by atoms with E-state index >= 15 is 0 Å². The van der Waals surface area contributed by atoms with E-state index < -0.39 is 17.6 Å². The van der Waals surface area contributed by atoms with Crippen molar-refractivity contribution in [3.63, 3.8) is 0 Å². The highest BCUT2D eigenvalue weighted by atomic mass is 19.4. The van der Waals surface area contributed by atoms with Gasteiger partial charge in [-0.2, -0.15) is 13.2 Å². The molecule has 8 heteroatoms. The minimum atomic E-state index is -4.71. The standard InChI is InChI=1S/C16H17F4N3O/c1-24-11-7-14(15-21-4-5-22-15)23(9-11)8-10-2-3-13(17)12(6-10)16(18,19)20/h2-6,11,14H,7-9H2,1H3,(H,21,22)/t11-,14?/m1/s1. The van der Waals surface area contributed by atoms with Gasteiger partial charge in [0, 0.05) is 32.6 Å². The molecule has 2 aromatic rings. The molecule has 1 aliphatic rings. The van der Waals surface area contributed by atoms with Crippen LogP contribution in [0.3, 0.4) is 0 Å². The van der Waals surface area contributed by atoms with Crippen LogP contribution in [0.5, 0.6) is 0 Å². The van der Waals surface area contributed by atoms with Crippen LogP contribution in [-0.4, -0.2) is 34.6 Å². The molecule has 1 unspecified atom stereocenters. The van der Waals surface area contributed by atoms with Crippen molar-refractivity contribution in [2.24, 2.45) is 0 Å². The second kappa shape index (κ2) is 6.52. The van der Waals surface area contributed by atoms with Crippen molar-refractivity contribution in [3.05, 3.63) is 53.4 Å².